The highest BCUT2D eigenvalue weighted by Gasteiger charge is 2.21. The van der Waals surface area contributed by atoms with Gasteiger partial charge >= 0.3 is 5.97 Å². The largest absolute Gasteiger partial charge is 0.478 e. The average Bonchev–Trinajstić information content (AvgIpc) is 2.89. The Hall–Kier alpha value is -2.15. The van der Waals surface area contributed by atoms with Gasteiger partial charge in [-0.1, -0.05) is 12.1 Å². The van der Waals surface area contributed by atoms with Crippen molar-refractivity contribution in [3.8, 4) is 0 Å². The number of aryl methyl sites for hydroxylation is 1. The van der Waals surface area contributed by atoms with E-state index in [9.17, 15) is 13.2 Å². The summed E-state index contributed by atoms with van der Waals surface area (Å²) in [6.07, 6.45) is 3.20. The minimum absolute atomic E-state index is 0.158. The van der Waals surface area contributed by atoms with Gasteiger partial charge in [0.15, 0.2) is 9.84 Å². The summed E-state index contributed by atoms with van der Waals surface area (Å²) < 4.78 is 25.8. The number of carboxylic acids is 1. The van der Waals surface area contributed by atoms with Crippen molar-refractivity contribution >= 4 is 15.8 Å². The molecule has 0 saturated heterocycles. The molecule has 19 heavy (non-hydrogen) atoms. The van der Waals surface area contributed by atoms with Gasteiger partial charge in [-0.3, -0.25) is 4.68 Å². The molecule has 0 saturated carbocycles. The van der Waals surface area contributed by atoms with Gasteiger partial charge in [0.2, 0.25) is 0 Å². The predicted octanol–water partition coefficient (Wildman–Crippen LogP) is 1.06. The molecule has 0 amide bonds. The van der Waals surface area contributed by atoms with Crippen molar-refractivity contribution in [1.29, 1.82) is 0 Å². The first kappa shape index (κ1) is 13.3. The Balaban J connectivity index is 2.27. The molecule has 0 bridgehead atoms. The highest BCUT2D eigenvalue weighted by molar-refractivity contribution is 7.91. The van der Waals surface area contributed by atoms with Crippen LogP contribution in [0.5, 0.6) is 0 Å². The second kappa shape index (κ2) is 5.23. The van der Waals surface area contributed by atoms with Crippen molar-refractivity contribution in [3.63, 3.8) is 0 Å². The molecule has 2 rings (SSSR count). The lowest BCUT2D eigenvalue weighted by atomic mass is 10.2. The van der Waals surface area contributed by atoms with E-state index in [0.29, 0.717) is 0 Å². The van der Waals surface area contributed by atoms with E-state index >= 15 is 0 Å². The summed E-state index contributed by atoms with van der Waals surface area (Å²) in [7, 11) is -3.65. The summed E-state index contributed by atoms with van der Waals surface area (Å²) in [5, 5.41) is 12.9. The van der Waals surface area contributed by atoms with Crippen molar-refractivity contribution in [1.82, 2.24) is 9.78 Å². The fraction of sp³-hybridized carbons (Fsp3) is 0.167. The molecule has 6 nitrogen and oxygen atoms in total. The molecule has 2 aromatic rings. The van der Waals surface area contributed by atoms with Crippen molar-refractivity contribution in [2.45, 2.75) is 11.4 Å². The Labute approximate surface area is 110 Å². The van der Waals surface area contributed by atoms with Crippen molar-refractivity contribution in [2.24, 2.45) is 0 Å². The van der Waals surface area contributed by atoms with Crippen LogP contribution in [-0.4, -0.2) is 35.0 Å². The van der Waals surface area contributed by atoms with E-state index in [4.69, 9.17) is 5.11 Å². The van der Waals surface area contributed by atoms with E-state index in [1.165, 1.54) is 28.9 Å². The molecule has 0 aliphatic rings. The second-order valence-electron chi connectivity index (χ2n) is 3.89. The van der Waals surface area contributed by atoms with Crippen LogP contribution in [-0.2, 0) is 16.4 Å². The number of aromatic carboxylic acids is 1. The minimum atomic E-state index is -3.65. The van der Waals surface area contributed by atoms with E-state index in [1.807, 2.05) is 0 Å². The Morgan fingerprint density at radius 2 is 2.00 bits per heavy atom. The van der Waals surface area contributed by atoms with Crippen LogP contribution in [0.3, 0.4) is 0 Å². The summed E-state index contributed by atoms with van der Waals surface area (Å²) in [6, 6.07) is 7.28. The lowest BCUT2D eigenvalue weighted by Crippen LogP contribution is -2.16. The topological polar surface area (TPSA) is 89.3 Å². The molecule has 0 radical (unpaired) electrons. The lowest BCUT2D eigenvalue weighted by molar-refractivity contribution is 0.0692. The molecule has 1 heterocycles. The molecule has 0 aliphatic heterocycles. The number of benzene rings is 1. The van der Waals surface area contributed by atoms with Gasteiger partial charge in [-0.15, -0.1) is 0 Å². The Morgan fingerprint density at radius 3 is 2.63 bits per heavy atom. The van der Waals surface area contributed by atoms with Crippen LogP contribution >= 0.6 is 0 Å². The highest BCUT2D eigenvalue weighted by Crippen LogP contribution is 2.17. The summed E-state index contributed by atoms with van der Waals surface area (Å²) in [6.45, 7) is 0.184. The number of nitrogens with zero attached hydrogens (tertiary/aromatic N) is 2. The maximum atomic E-state index is 12.1. The maximum absolute atomic E-state index is 12.1. The van der Waals surface area contributed by atoms with E-state index < -0.39 is 15.8 Å². The fourth-order valence-electron chi connectivity index (χ4n) is 1.67. The van der Waals surface area contributed by atoms with E-state index in [0.717, 1.165) is 0 Å². The molecule has 1 aromatic heterocycles. The summed E-state index contributed by atoms with van der Waals surface area (Å²) in [5.74, 6) is -1.45. The number of carboxylic acid groups (broad SMARTS) is 1. The molecule has 1 aromatic carbocycles. The number of aromatic nitrogens is 2. The Kier molecular flexibility index (Phi) is 3.66. The smallest absolute Gasteiger partial charge is 0.337 e. The lowest BCUT2D eigenvalue weighted by Gasteiger charge is -2.07. The molecule has 0 fully saturated rings. The first-order chi connectivity index (χ1) is 9.00. The first-order valence-electron chi connectivity index (χ1n) is 5.53. The van der Waals surface area contributed by atoms with Crippen LogP contribution in [0, 0.1) is 0 Å². The average molecular weight is 280 g/mol. The minimum Gasteiger partial charge on any atom is -0.478 e. The maximum Gasteiger partial charge on any atom is 0.337 e. The third-order valence-corrected chi connectivity index (χ3v) is 4.35. The standard InChI is InChI=1S/C12H12N2O4S/c15-12(16)10-4-1-2-5-11(10)19(17,18)9-8-14-7-3-6-13-14/h1-7H,8-9H2,(H,15,16). The number of rotatable bonds is 5. The number of sulfone groups is 1. The highest BCUT2D eigenvalue weighted by atomic mass is 32.2. The number of carbonyl (C=O) groups is 1. The third-order valence-electron chi connectivity index (χ3n) is 2.60. The molecule has 0 atom stereocenters. The van der Waals surface area contributed by atoms with Crippen LogP contribution in [0.15, 0.2) is 47.6 Å². The van der Waals surface area contributed by atoms with Gasteiger partial charge in [0.25, 0.3) is 0 Å². The van der Waals surface area contributed by atoms with Crippen molar-refractivity contribution in [2.75, 3.05) is 5.75 Å². The monoisotopic (exact) mass is 280 g/mol. The predicted molar refractivity (Wildman–Crippen MR) is 67.7 cm³/mol. The summed E-state index contributed by atoms with van der Waals surface area (Å²) >= 11 is 0. The van der Waals surface area contributed by atoms with Crippen LogP contribution in [0.25, 0.3) is 0 Å². The molecule has 0 unspecified atom stereocenters. The van der Waals surface area contributed by atoms with E-state index in [2.05, 4.69) is 5.10 Å². The molecular weight excluding hydrogens is 268 g/mol. The van der Waals surface area contributed by atoms with Crippen LogP contribution in [0.4, 0.5) is 0 Å². The van der Waals surface area contributed by atoms with Crippen LogP contribution in [0.2, 0.25) is 0 Å². The molecule has 0 aliphatic carbocycles. The second-order valence-corrected chi connectivity index (χ2v) is 5.97. The number of hydrogen-bond acceptors (Lipinski definition) is 4. The van der Waals surface area contributed by atoms with Gasteiger partial charge in [0.05, 0.1) is 22.8 Å². The van der Waals surface area contributed by atoms with Crippen LogP contribution in [0.1, 0.15) is 10.4 Å². The third kappa shape index (κ3) is 3.00. The molecular formula is C12H12N2O4S. The molecule has 1 N–H and O–H groups in total. The summed E-state index contributed by atoms with van der Waals surface area (Å²) in [5.41, 5.74) is -0.206. The summed E-state index contributed by atoms with van der Waals surface area (Å²) in [4.78, 5) is 10.9. The van der Waals surface area contributed by atoms with E-state index in [1.54, 1.807) is 18.5 Å². The first-order valence-corrected chi connectivity index (χ1v) is 7.18. The molecule has 100 valence electrons. The van der Waals surface area contributed by atoms with Gasteiger partial charge in [-0.2, -0.15) is 5.10 Å². The van der Waals surface area contributed by atoms with Gasteiger partial charge in [-0.25, -0.2) is 13.2 Å². The Morgan fingerprint density at radius 1 is 1.26 bits per heavy atom. The number of hydrogen-bond donors (Lipinski definition) is 1. The zero-order chi connectivity index (χ0) is 13.9. The van der Waals surface area contributed by atoms with Crippen LogP contribution < -0.4 is 0 Å². The quantitative estimate of drug-likeness (QED) is 0.884. The fourth-order valence-corrected chi connectivity index (χ4v) is 3.09. The van der Waals surface area contributed by atoms with Gasteiger partial charge < -0.3 is 5.11 Å². The van der Waals surface area contributed by atoms with Crippen molar-refractivity contribution in [3.05, 3.63) is 48.3 Å². The van der Waals surface area contributed by atoms with Crippen molar-refractivity contribution < 1.29 is 18.3 Å². The zero-order valence-electron chi connectivity index (χ0n) is 9.93. The van der Waals surface area contributed by atoms with Gasteiger partial charge in [0, 0.05) is 12.4 Å². The normalized spacial score (nSPS) is 11.4. The van der Waals surface area contributed by atoms with Gasteiger partial charge in [-0.05, 0) is 18.2 Å². The molecule has 0 spiro atoms. The SMILES string of the molecule is O=C(O)c1ccccc1S(=O)(=O)CCn1cccn1. The molecule has 7 heteroatoms. The van der Waals surface area contributed by atoms with E-state index in [-0.39, 0.29) is 22.8 Å². The Bertz CT molecular complexity index is 678. The zero-order valence-corrected chi connectivity index (χ0v) is 10.7. The van der Waals surface area contributed by atoms with Gasteiger partial charge in [0.1, 0.15) is 0 Å².